The van der Waals surface area contributed by atoms with Crippen molar-refractivity contribution in [3.05, 3.63) is 71.0 Å². The second kappa shape index (κ2) is 8.72. The zero-order valence-corrected chi connectivity index (χ0v) is 17.2. The van der Waals surface area contributed by atoms with Gasteiger partial charge in [0.25, 0.3) is 5.91 Å². The summed E-state index contributed by atoms with van der Waals surface area (Å²) in [6.45, 7) is 1.46. The molecule has 4 rings (SSSR count). The van der Waals surface area contributed by atoms with Crippen LogP contribution in [0.2, 0.25) is 5.02 Å². The molecule has 5 nitrogen and oxygen atoms in total. The number of piperidine rings is 1. The van der Waals surface area contributed by atoms with Crippen molar-refractivity contribution in [2.24, 2.45) is 0 Å². The molecule has 2 aromatic carbocycles. The van der Waals surface area contributed by atoms with Crippen LogP contribution in [0.4, 0.5) is 13.2 Å². The van der Waals surface area contributed by atoms with Crippen molar-refractivity contribution in [1.82, 2.24) is 20.0 Å². The zero-order chi connectivity index (χ0) is 22.0. The van der Waals surface area contributed by atoms with Gasteiger partial charge in [0.15, 0.2) is 0 Å². The number of hydrazine groups is 1. The number of aromatic nitrogens is 2. The summed E-state index contributed by atoms with van der Waals surface area (Å²) in [5.74, 6) is -0.431. The highest BCUT2D eigenvalue weighted by Gasteiger charge is 2.35. The Balaban J connectivity index is 1.78. The number of carbonyl (C=O) groups excluding carboxylic acids is 1. The third-order valence-corrected chi connectivity index (χ3v) is 5.38. The maximum atomic E-state index is 13.7. The summed E-state index contributed by atoms with van der Waals surface area (Å²) in [7, 11) is 0. The van der Waals surface area contributed by atoms with Gasteiger partial charge < -0.3 is 0 Å². The second-order valence-corrected chi connectivity index (χ2v) is 7.76. The van der Waals surface area contributed by atoms with Gasteiger partial charge in [-0.15, -0.1) is 0 Å². The Morgan fingerprint density at radius 2 is 1.68 bits per heavy atom. The van der Waals surface area contributed by atoms with Crippen LogP contribution >= 0.6 is 11.6 Å². The number of imidazole rings is 1. The Morgan fingerprint density at radius 3 is 2.35 bits per heavy atom. The smallest absolute Gasteiger partial charge is 0.299 e. The number of carbonyl (C=O) groups is 1. The molecule has 0 aliphatic carbocycles. The largest absolute Gasteiger partial charge is 0.417 e. The van der Waals surface area contributed by atoms with Crippen LogP contribution in [0.3, 0.4) is 0 Å². The summed E-state index contributed by atoms with van der Waals surface area (Å²) < 4.78 is 42.4. The number of hydrogen-bond acceptors (Lipinski definition) is 3. The lowest BCUT2D eigenvalue weighted by Gasteiger charge is -2.26. The molecule has 1 saturated heterocycles. The standard InChI is InChI=1S/C22H20ClF3N4O/c23-15-8-10-16(11-9-15)30-14-19(21(31)28-29-12-4-1-5-13-29)27-20(30)17-6-2-3-7-18(17)22(24,25)26/h2-3,6-11,14H,1,4-5,12-13H2,(H,28,31). The van der Waals surface area contributed by atoms with Gasteiger partial charge in [-0.25, -0.2) is 9.99 Å². The van der Waals surface area contributed by atoms with Crippen molar-refractivity contribution in [1.29, 1.82) is 0 Å². The van der Waals surface area contributed by atoms with Crippen LogP contribution in [0.5, 0.6) is 0 Å². The van der Waals surface area contributed by atoms with E-state index in [9.17, 15) is 18.0 Å². The molecule has 1 aromatic heterocycles. The molecule has 0 saturated carbocycles. The molecule has 1 aliphatic heterocycles. The van der Waals surface area contributed by atoms with E-state index >= 15 is 0 Å². The lowest BCUT2D eigenvalue weighted by molar-refractivity contribution is -0.137. The van der Waals surface area contributed by atoms with Crippen molar-refractivity contribution >= 4 is 17.5 Å². The van der Waals surface area contributed by atoms with E-state index in [-0.39, 0.29) is 17.1 Å². The molecule has 3 aromatic rings. The molecule has 1 amide bonds. The topological polar surface area (TPSA) is 50.2 Å². The SMILES string of the molecule is O=C(NN1CCCCC1)c1cn(-c2ccc(Cl)cc2)c(-c2ccccc2C(F)(F)F)n1. The number of rotatable bonds is 4. The predicted octanol–water partition coefficient (Wildman–Crippen LogP) is 5.34. The molecule has 162 valence electrons. The predicted molar refractivity (Wildman–Crippen MR) is 112 cm³/mol. The molecule has 0 atom stereocenters. The molecule has 2 heterocycles. The number of alkyl halides is 3. The fraction of sp³-hybridized carbons (Fsp3) is 0.273. The van der Waals surface area contributed by atoms with Crippen LogP contribution in [-0.2, 0) is 6.18 Å². The highest BCUT2D eigenvalue weighted by atomic mass is 35.5. The molecule has 1 aliphatic rings. The minimum absolute atomic E-state index is 0.0269. The third kappa shape index (κ3) is 4.75. The number of halogens is 4. The van der Waals surface area contributed by atoms with Gasteiger partial charge >= 0.3 is 6.18 Å². The maximum Gasteiger partial charge on any atom is 0.417 e. The van der Waals surface area contributed by atoms with E-state index in [1.807, 2.05) is 5.01 Å². The zero-order valence-electron chi connectivity index (χ0n) is 16.5. The average Bonchev–Trinajstić information content (AvgIpc) is 3.20. The van der Waals surface area contributed by atoms with Gasteiger partial charge in [-0.2, -0.15) is 13.2 Å². The van der Waals surface area contributed by atoms with Gasteiger partial charge in [0.05, 0.1) is 5.56 Å². The molecule has 0 radical (unpaired) electrons. The second-order valence-electron chi connectivity index (χ2n) is 7.33. The molecular weight excluding hydrogens is 429 g/mol. The molecular formula is C22H20ClF3N4O. The number of amides is 1. The molecule has 1 N–H and O–H groups in total. The first-order valence-electron chi connectivity index (χ1n) is 9.91. The van der Waals surface area contributed by atoms with Gasteiger partial charge in [0, 0.05) is 35.6 Å². The van der Waals surface area contributed by atoms with Gasteiger partial charge in [0.2, 0.25) is 0 Å². The van der Waals surface area contributed by atoms with Crippen LogP contribution in [0, 0.1) is 0 Å². The first kappa shape index (κ1) is 21.4. The van der Waals surface area contributed by atoms with Crippen LogP contribution in [0.25, 0.3) is 17.1 Å². The molecule has 31 heavy (non-hydrogen) atoms. The fourth-order valence-corrected chi connectivity index (χ4v) is 3.74. The van der Waals surface area contributed by atoms with E-state index < -0.39 is 17.6 Å². The van der Waals surface area contributed by atoms with E-state index in [0.29, 0.717) is 10.7 Å². The lowest BCUT2D eigenvalue weighted by Crippen LogP contribution is -2.45. The summed E-state index contributed by atoms with van der Waals surface area (Å²) in [6, 6.07) is 11.8. The van der Waals surface area contributed by atoms with Gasteiger partial charge in [-0.3, -0.25) is 14.8 Å². The Morgan fingerprint density at radius 1 is 1.00 bits per heavy atom. The van der Waals surface area contributed by atoms with Crippen molar-refractivity contribution in [2.75, 3.05) is 13.1 Å². The van der Waals surface area contributed by atoms with Crippen molar-refractivity contribution in [3.8, 4) is 17.1 Å². The molecule has 1 fully saturated rings. The highest BCUT2D eigenvalue weighted by Crippen LogP contribution is 2.37. The molecule has 0 unspecified atom stereocenters. The Bertz CT molecular complexity index is 1070. The average molecular weight is 449 g/mol. The monoisotopic (exact) mass is 448 g/mol. The summed E-state index contributed by atoms with van der Waals surface area (Å²) in [6.07, 6.45) is -0.0576. The third-order valence-electron chi connectivity index (χ3n) is 5.13. The Labute approximate surface area is 182 Å². The highest BCUT2D eigenvalue weighted by molar-refractivity contribution is 6.30. The molecule has 9 heteroatoms. The van der Waals surface area contributed by atoms with E-state index in [1.165, 1.54) is 29.0 Å². The van der Waals surface area contributed by atoms with E-state index in [0.717, 1.165) is 38.4 Å². The number of nitrogens with zero attached hydrogens (tertiary/aromatic N) is 3. The minimum atomic E-state index is -4.57. The van der Waals surface area contributed by atoms with E-state index in [1.54, 1.807) is 24.3 Å². The van der Waals surface area contributed by atoms with Crippen molar-refractivity contribution in [3.63, 3.8) is 0 Å². The number of benzene rings is 2. The van der Waals surface area contributed by atoms with Gasteiger partial charge in [-0.1, -0.05) is 36.2 Å². The van der Waals surface area contributed by atoms with Gasteiger partial charge in [0.1, 0.15) is 11.5 Å². The summed E-state index contributed by atoms with van der Waals surface area (Å²) >= 11 is 5.96. The Hall–Kier alpha value is -2.84. The molecule has 0 bridgehead atoms. The maximum absolute atomic E-state index is 13.7. The van der Waals surface area contributed by atoms with E-state index in [2.05, 4.69) is 10.4 Å². The van der Waals surface area contributed by atoms with E-state index in [4.69, 9.17) is 11.6 Å². The van der Waals surface area contributed by atoms with Crippen LogP contribution in [0.1, 0.15) is 35.3 Å². The minimum Gasteiger partial charge on any atom is -0.299 e. The quantitative estimate of drug-likeness (QED) is 0.586. The Kier molecular flexibility index (Phi) is 6.02. The van der Waals surface area contributed by atoms with Crippen LogP contribution < -0.4 is 5.43 Å². The van der Waals surface area contributed by atoms with Crippen molar-refractivity contribution < 1.29 is 18.0 Å². The lowest BCUT2D eigenvalue weighted by atomic mass is 10.1. The number of hydrogen-bond donors (Lipinski definition) is 1. The first-order valence-corrected chi connectivity index (χ1v) is 10.3. The van der Waals surface area contributed by atoms with Crippen molar-refractivity contribution in [2.45, 2.75) is 25.4 Å². The van der Waals surface area contributed by atoms with Crippen LogP contribution in [0.15, 0.2) is 54.7 Å². The fourth-order valence-electron chi connectivity index (χ4n) is 3.61. The van der Waals surface area contributed by atoms with Crippen LogP contribution in [-0.4, -0.2) is 33.6 Å². The summed E-state index contributed by atoms with van der Waals surface area (Å²) in [5.41, 5.74) is 2.46. The number of nitrogens with one attached hydrogen (secondary N) is 1. The first-order chi connectivity index (χ1) is 14.8. The molecule has 0 spiro atoms. The van der Waals surface area contributed by atoms with Gasteiger partial charge in [-0.05, 0) is 43.2 Å². The normalized spacial score (nSPS) is 15.1. The summed E-state index contributed by atoms with van der Waals surface area (Å²) in [5, 5.41) is 2.31. The summed E-state index contributed by atoms with van der Waals surface area (Å²) in [4.78, 5) is 17.1.